The number of anilines is 1. The van der Waals surface area contributed by atoms with Gasteiger partial charge in [0.1, 0.15) is 0 Å². The fourth-order valence-electron chi connectivity index (χ4n) is 3.59. The SMILES string of the molecule is Cc1cccc(-n2ccnc2SCC(=O)N2CCc3cc(S(N)(=O)=O)ccc32)c1C. The summed E-state index contributed by atoms with van der Waals surface area (Å²) in [5.74, 6) is 0.191. The topological polar surface area (TPSA) is 98.3 Å². The van der Waals surface area contributed by atoms with Gasteiger partial charge in [-0.1, -0.05) is 23.9 Å². The Morgan fingerprint density at radius 1 is 1.20 bits per heavy atom. The molecule has 2 aromatic carbocycles. The highest BCUT2D eigenvalue weighted by molar-refractivity contribution is 7.99. The lowest BCUT2D eigenvalue weighted by Crippen LogP contribution is -2.30. The number of hydrogen-bond acceptors (Lipinski definition) is 5. The smallest absolute Gasteiger partial charge is 0.238 e. The lowest BCUT2D eigenvalue weighted by Gasteiger charge is -2.18. The van der Waals surface area contributed by atoms with Crippen LogP contribution in [-0.2, 0) is 21.2 Å². The highest BCUT2D eigenvalue weighted by atomic mass is 32.2. The Balaban J connectivity index is 1.50. The molecule has 7 nitrogen and oxygen atoms in total. The standard InChI is InChI=1S/C21H22N4O3S2/c1-14-4-3-5-18(15(14)2)25-11-9-23-21(25)29-13-20(26)24-10-8-16-12-17(30(22,27)28)6-7-19(16)24/h3-7,9,11-12H,8,10,13H2,1-2H3,(H2,22,27,28). The van der Waals surface area contributed by atoms with Gasteiger partial charge in [0.15, 0.2) is 5.16 Å². The second-order valence-corrected chi connectivity index (χ2v) is 9.72. The van der Waals surface area contributed by atoms with E-state index in [2.05, 4.69) is 24.9 Å². The lowest BCUT2D eigenvalue weighted by molar-refractivity contribution is -0.116. The van der Waals surface area contributed by atoms with Crippen molar-refractivity contribution in [3.63, 3.8) is 0 Å². The third-order valence-electron chi connectivity index (χ3n) is 5.34. The van der Waals surface area contributed by atoms with E-state index in [1.807, 2.05) is 22.9 Å². The van der Waals surface area contributed by atoms with E-state index in [1.54, 1.807) is 23.2 Å². The maximum atomic E-state index is 12.9. The first kappa shape index (κ1) is 20.6. The Morgan fingerprint density at radius 2 is 2.00 bits per heavy atom. The van der Waals surface area contributed by atoms with Crippen molar-refractivity contribution in [2.75, 3.05) is 17.2 Å². The Kier molecular flexibility index (Phi) is 5.44. The van der Waals surface area contributed by atoms with E-state index in [4.69, 9.17) is 5.14 Å². The van der Waals surface area contributed by atoms with Crippen molar-refractivity contribution < 1.29 is 13.2 Å². The van der Waals surface area contributed by atoms with E-state index >= 15 is 0 Å². The number of aryl methyl sites for hydroxylation is 1. The predicted molar refractivity (Wildman–Crippen MR) is 118 cm³/mol. The van der Waals surface area contributed by atoms with Crippen molar-refractivity contribution in [3.05, 3.63) is 65.5 Å². The molecule has 1 aromatic heterocycles. The Hall–Kier alpha value is -2.62. The van der Waals surface area contributed by atoms with Gasteiger partial charge in [0.2, 0.25) is 15.9 Å². The number of nitrogens with two attached hydrogens (primary N) is 1. The normalized spacial score (nSPS) is 13.5. The zero-order valence-corrected chi connectivity index (χ0v) is 18.3. The summed E-state index contributed by atoms with van der Waals surface area (Å²) in [6, 6.07) is 10.8. The van der Waals surface area contributed by atoms with E-state index in [0.29, 0.717) is 13.0 Å². The molecule has 156 valence electrons. The first-order valence-corrected chi connectivity index (χ1v) is 12.0. The molecule has 0 unspecified atom stereocenters. The number of sulfonamides is 1. The highest BCUT2D eigenvalue weighted by Crippen LogP contribution is 2.31. The molecule has 30 heavy (non-hydrogen) atoms. The van der Waals surface area contributed by atoms with Crippen molar-refractivity contribution in [2.45, 2.75) is 30.3 Å². The van der Waals surface area contributed by atoms with Crippen LogP contribution in [0, 0.1) is 13.8 Å². The monoisotopic (exact) mass is 442 g/mol. The van der Waals surface area contributed by atoms with Crippen LogP contribution >= 0.6 is 11.8 Å². The van der Waals surface area contributed by atoms with Crippen LogP contribution in [0.2, 0.25) is 0 Å². The minimum atomic E-state index is -3.76. The molecule has 0 saturated heterocycles. The molecule has 1 amide bonds. The molecule has 0 fully saturated rings. The van der Waals surface area contributed by atoms with Crippen molar-refractivity contribution in [1.29, 1.82) is 0 Å². The number of primary sulfonamides is 1. The van der Waals surface area contributed by atoms with Gasteiger partial charge in [-0.3, -0.25) is 9.36 Å². The Bertz CT molecular complexity index is 1230. The van der Waals surface area contributed by atoms with Crippen molar-refractivity contribution in [1.82, 2.24) is 9.55 Å². The van der Waals surface area contributed by atoms with Gasteiger partial charge in [0.25, 0.3) is 0 Å². The van der Waals surface area contributed by atoms with Crippen LogP contribution in [0.3, 0.4) is 0 Å². The van der Waals surface area contributed by atoms with E-state index in [1.165, 1.54) is 29.0 Å². The number of carbonyl (C=O) groups excluding carboxylic acids is 1. The van der Waals surface area contributed by atoms with E-state index in [-0.39, 0.29) is 16.6 Å². The first-order valence-electron chi connectivity index (χ1n) is 9.44. The first-order chi connectivity index (χ1) is 14.3. The molecule has 2 heterocycles. The molecular weight excluding hydrogens is 420 g/mol. The number of amides is 1. The second-order valence-electron chi connectivity index (χ2n) is 7.22. The molecule has 0 radical (unpaired) electrons. The lowest BCUT2D eigenvalue weighted by atomic mass is 10.1. The molecule has 2 N–H and O–H groups in total. The zero-order valence-electron chi connectivity index (χ0n) is 16.7. The molecule has 0 spiro atoms. The van der Waals surface area contributed by atoms with Gasteiger partial charge in [-0.05, 0) is 61.2 Å². The summed E-state index contributed by atoms with van der Waals surface area (Å²) in [5.41, 5.74) is 4.97. The maximum Gasteiger partial charge on any atom is 0.238 e. The van der Waals surface area contributed by atoms with Crippen LogP contribution in [0.25, 0.3) is 5.69 Å². The largest absolute Gasteiger partial charge is 0.311 e. The van der Waals surface area contributed by atoms with Crippen LogP contribution < -0.4 is 10.0 Å². The quantitative estimate of drug-likeness (QED) is 0.613. The molecule has 9 heteroatoms. The number of benzene rings is 2. The summed E-state index contributed by atoms with van der Waals surface area (Å²) in [4.78, 5) is 19.1. The summed E-state index contributed by atoms with van der Waals surface area (Å²) in [6.07, 6.45) is 4.23. The summed E-state index contributed by atoms with van der Waals surface area (Å²) >= 11 is 1.38. The fraction of sp³-hybridized carbons (Fsp3) is 0.238. The van der Waals surface area contributed by atoms with Crippen LogP contribution in [-0.4, -0.2) is 36.2 Å². The summed E-state index contributed by atoms with van der Waals surface area (Å²) in [6.45, 7) is 4.66. The van der Waals surface area contributed by atoms with Gasteiger partial charge in [0, 0.05) is 24.6 Å². The minimum Gasteiger partial charge on any atom is -0.311 e. The average molecular weight is 443 g/mol. The van der Waals surface area contributed by atoms with E-state index < -0.39 is 10.0 Å². The fourth-order valence-corrected chi connectivity index (χ4v) is 5.00. The van der Waals surface area contributed by atoms with Crippen LogP contribution in [0.1, 0.15) is 16.7 Å². The molecule has 0 atom stereocenters. The van der Waals surface area contributed by atoms with Crippen LogP contribution in [0.4, 0.5) is 5.69 Å². The number of thioether (sulfide) groups is 1. The Morgan fingerprint density at radius 3 is 2.77 bits per heavy atom. The molecule has 1 aliphatic rings. The number of carbonyl (C=O) groups is 1. The van der Waals surface area contributed by atoms with Gasteiger partial charge < -0.3 is 4.90 Å². The van der Waals surface area contributed by atoms with Gasteiger partial charge in [0.05, 0.1) is 16.3 Å². The maximum absolute atomic E-state index is 12.9. The number of aromatic nitrogens is 2. The summed E-state index contributed by atoms with van der Waals surface area (Å²) in [7, 11) is -3.76. The minimum absolute atomic E-state index is 0.0439. The van der Waals surface area contributed by atoms with Crippen LogP contribution in [0.15, 0.2) is 58.8 Å². The molecule has 4 rings (SSSR count). The molecule has 0 bridgehead atoms. The number of hydrogen-bond donors (Lipinski definition) is 1. The van der Waals surface area contributed by atoms with E-state index in [9.17, 15) is 13.2 Å². The van der Waals surface area contributed by atoms with Gasteiger partial charge in [-0.25, -0.2) is 18.5 Å². The van der Waals surface area contributed by atoms with Crippen molar-refractivity contribution >= 4 is 33.4 Å². The van der Waals surface area contributed by atoms with Gasteiger partial charge in [-0.2, -0.15) is 0 Å². The molecule has 1 aliphatic heterocycles. The Labute approximate surface area is 180 Å². The average Bonchev–Trinajstić information content (AvgIpc) is 3.34. The second kappa shape index (κ2) is 7.90. The molecular formula is C21H22N4O3S2. The zero-order chi connectivity index (χ0) is 21.5. The third-order valence-corrected chi connectivity index (χ3v) is 7.21. The molecule has 0 aliphatic carbocycles. The summed E-state index contributed by atoms with van der Waals surface area (Å²) < 4.78 is 25.1. The van der Waals surface area contributed by atoms with Crippen molar-refractivity contribution in [2.24, 2.45) is 5.14 Å². The molecule has 3 aromatic rings. The third kappa shape index (κ3) is 3.88. The number of nitrogens with zero attached hydrogens (tertiary/aromatic N) is 3. The van der Waals surface area contributed by atoms with Crippen molar-refractivity contribution in [3.8, 4) is 5.69 Å². The number of fused-ring (bicyclic) bond motifs is 1. The number of imidazole rings is 1. The van der Waals surface area contributed by atoms with Gasteiger partial charge in [-0.15, -0.1) is 0 Å². The van der Waals surface area contributed by atoms with Crippen LogP contribution in [0.5, 0.6) is 0 Å². The summed E-state index contributed by atoms with van der Waals surface area (Å²) in [5, 5.41) is 5.96. The van der Waals surface area contributed by atoms with E-state index in [0.717, 1.165) is 22.1 Å². The predicted octanol–water partition coefficient (Wildman–Crippen LogP) is 2.82. The number of rotatable bonds is 5. The van der Waals surface area contributed by atoms with Gasteiger partial charge >= 0.3 is 0 Å². The highest BCUT2D eigenvalue weighted by Gasteiger charge is 2.26. The molecule has 0 saturated carbocycles.